The second-order valence-electron chi connectivity index (χ2n) is 4.80. The molecular formula is C14H26N2S. The van der Waals surface area contributed by atoms with Gasteiger partial charge in [0.2, 0.25) is 0 Å². The molecule has 2 atom stereocenters. The number of aromatic nitrogens is 1. The molecule has 98 valence electrons. The van der Waals surface area contributed by atoms with Crippen molar-refractivity contribution in [1.82, 2.24) is 10.3 Å². The predicted molar refractivity (Wildman–Crippen MR) is 76.6 cm³/mol. The largest absolute Gasteiger partial charge is 0.306 e. The van der Waals surface area contributed by atoms with E-state index in [1.165, 1.54) is 35.6 Å². The van der Waals surface area contributed by atoms with E-state index in [1.54, 1.807) is 0 Å². The highest BCUT2D eigenvalue weighted by atomic mass is 32.1. The van der Waals surface area contributed by atoms with Crippen molar-refractivity contribution in [3.05, 3.63) is 16.1 Å². The van der Waals surface area contributed by atoms with Gasteiger partial charge in [0.25, 0.3) is 0 Å². The summed E-state index contributed by atoms with van der Waals surface area (Å²) in [6.07, 6.45) is 8.35. The van der Waals surface area contributed by atoms with Crippen molar-refractivity contribution in [3.63, 3.8) is 0 Å². The fourth-order valence-electron chi connectivity index (χ4n) is 1.97. The zero-order valence-corrected chi connectivity index (χ0v) is 12.4. The van der Waals surface area contributed by atoms with Crippen LogP contribution in [-0.4, -0.2) is 11.0 Å². The molecule has 0 fully saturated rings. The Morgan fingerprint density at radius 3 is 2.65 bits per heavy atom. The monoisotopic (exact) mass is 254 g/mol. The number of hydrogen-bond donors (Lipinski definition) is 1. The first kappa shape index (κ1) is 14.7. The van der Waals surface area contributed by atoms with Crippen LogP contribution in [0, 0.1) is 0 Å². The Morgan fingerprint density at radius 1 is 1.29 bits per heavy atom. The Labute approximate surface area is 110 Å². The van der Waals surface area contributed by atoms with E-state index >= 15 is 0 Å². The van der Waals surface area contributed by atoms with E-state index in [2.05, 4.69) is 38.0 Å². The van der Waals surface area contributed by atoms with Gasteiger partial charge in [-0.25, -0.2) is 4.98 Å². The van der Waals surface area contributed by atoms with Crippen molar-refractivity contribution in [2.75, 3.05) is 0 Å². The lowest BCUT2D eigenvalue weighted by atomic mass is 10.1. The van der Waals surface area contributed by atoms with Crippen LogP contribution in [0.3, 0.4) is 0 Å². The third kappa shape index (κ3) is 5.17. The number of nitrogens with zero attached hydrogens (tertiary/aromatic N) is 1. The normalized spacial score (nSPS) is 14.8. The van der Waals surface area contributed by atoms with Gasteiger partial charge in [-0.1, -0.05) is 33.1 Å². The lowest BCUT2D eigenvalue weighted by molar-refractivity contribution is 0.439. The van der Waals surface area contributed by atoms with Crippen molar-refractivity contribution >= 4 is 11.3 Å². The first-order valence-corrected chi connectivity index (χ1v) is 7.69. The third-order valence-electron chi connectivity index (χ3n) is 3.07. The number of unbranched alkanes of at least 4 members (excludes halogenated alkanes) is 2. The van der Waals surface area contributed by atoms with E-state index in [-0.39, 0.29) is 0 Å². The first-order chi connectivity index (χ1) is 8.17. The van der Waals surface area contributed by atoms with Crippen LogP contribution in [0.25, 0.3) is 0 Å². The maximum atomic E-state index is 4.49. The number of hydrogen-bond acceptors (Lipinski definition) is 3. The quantitative estimate of drug-likeness (QED) is 0.699. The second kappa shape index (κ2) is 7.83. The molecule has 1 heterocycles. The van der Waals surface area contributed by atoms with Gasteiger partial charge in [-0.15, -0.1) is 11.3 Å². The summed E-state index contributed by atoms with van der Waals surface area (Å²) in [4.78, 5) is 5.87. The van der Waals surface area contributed by atoms with Crippen LogP contribution in [-0.2, 0) is 6.42 Å². The van der Waals surface area contributed by atoms with Crippen molar-refractivity contribution in [3.8, 4) is 0 Å². The summed E-state index contributed by atoms with van der Waals surface area (Å²) in [6, 6.07) is 0.974. The van der Waals surface area contributed by atoms with Gasteiger partial charge in [0.15, 0.2) is 0 Å². The van der Waals surface area contributed by atoms with Gasteiger partial charge in [0.1, 0.15) is 5.01 Å². The van der Waals surface area contributed by atoms with Crippen LogP contribution in [0.2, 0.25) is 0 Å². The molecule has 0 aliphatic rings. The molecule has 0 aliphatic carbocycles. The van der Waals surface area contributed by atoms with Gasteiger partial charge in [-0.3, -0.25) is 0 Å². The van der Waals surface area contributed by atoms with Crippen LogP contribution < -0.4 is 5.32 Å². The molecule has 17 heavy (non-hydrogen) atoms. The van der Waals surface area contributed by atoms with Gasteiger partial charge < -0.3 is 5.32 Å². The molecule has 1 rings (SSSR count). The molecule has 0 aliphatic heterocycles. The van der Waals surface area contributed by atoms with Gasteiger partial charge in [0.05, 0.1) is 6.04 Å². The minimum atomic E-state index is 0.386. The average molecular weight is 254 g/mol. The third-order valence-corrected chi connectivity index (χ3v) is 4.39. The summed E-state index contributed by atoms with van der Waals surface area (Å²) in [5.41, 5.74) is 0. The summed E-state index contributed by atoms with van der Waals surface area (Å²) in [5, 5.41) is 4.87. The van der Waals surface area contributed by atoms with Crippen LogP contribution in [0.15, 0.2) is 6.20 Å². The SMILES string of the molecule is CCCCCC(C)NC(C)c1ncc(CC)s1. The molecule has 1 aromatic rings. The molecule has 2 unspecified atom stereocenters. The molecule has 1 aromatic heterocycles. The number of thiazole rings is 1. The highest BCUT2D eigenvalue weighted by Crippen LogP contribution is 2.21. The highest BCUT2D eigenvalue weighted by molar-refractivity contribution is 7.11. The molecule has 0 amide bonds. The molecule has 0 radical (unpaired) electrons. The van der Waals surface area contributed by atoms with Crippen molar-refractivity contribution in [1.29, 1.82) is 0 Å². The van der Waals surface area contributed by atoms with E-state index in [0.717, 1.165) is 6.42 Å². The second-order valence-corrected chi connectivity index (χ2v) is 5.95. The molecule has 0 spiro atoms. The van der Waals surface area contributed by atoms with Crippen LogP contribution in [0.4, 0.5) is 0 Å². The molecule has 0 saturated heterocycles. The minimum absolute atomic E-state index is 0.386. The lowest BCUT2D eigenvalue weighted by Crippen LogP contribution is -2.28. The standard InChI is InChI=1S/C14H26N2S/c1-5-7-8-9-11(3)16-12(4)14-15-10-13(6-2)17-14/h10-12,16H,5-9H2,1-4H3. The lowest BCUT2D eigenvalue weighted by Gasteiger charge is -2.18. The molecule has 0 saturated carbocycles. The Hall–Kier alpha value is -0.410. The van der Waals surface area contributed by atoms with Crippen LogP contribution in [0.5, 0.6) is 0 Å². The van der Waals surface area contributed by atoms with E-state index in [1.807, 2.05) is 17.5 Å². The Balaban J connectivity index is 2.34. The molecule has 0 aromatic carbocycles. The highest BCUT2D eigenvalue weighted by Gasteiger charge is 2.12. The molecular weight excluding hydrogens is 228 g/mol. The molecule has 3 heteroatoms. The van der Waals surface area contributed by atoms with Gasteiger partial charge in [-0.2, -0.15) is 0 Å². The topological polar surface area (TPSA) is 24.9 Å². The maximum absolute atomic E-state index is 4.49. The summed E-state index contributed by atoms with van der Waals surface area (Å²) in [5.74, 6) is 0. The van der Waals surface area contributed by atoms with E-state index in [9.17, 15) is 0 Å². The summed E-state index contributed by atoms with van der Waals surface area (Å²) in [6.45, 7) is 8.93. The minimum Gasteiger partial charge on any atom is -0.306 e. The van der Waals surface area contributed by atoms with Crippen molar-refractivity contribution < 1.29 is 0 Å². The van der Waals surface area contributed by atoms with Crippen LogP contribution in [0.1, 0.15) is 69.3 Å². The summed E-state index contributed by atoms with van der Waals surface area (Å²) in [7, 11) is 0. The van der Waals surface area contributed by atoms with Crippen molar-refractivity contribution in [2.24, 2.45) is 0 Å². The fourth-order valence-corrected chi connectivity index (χ4v) is 2.84. The van der Waals surface area contributed by atoms with E-state index < -0.39 is 0 Å². The Bertz CT molecular complexity index is 309. The number of nitrogens with one attached hydrogen (secondary N) is 1. The number of aryl methyl sites for hydroxylation is 1. The molecule has 0 bridgehead atoms. The van der Waals surface area contributed by atoms with Gasteiger partial charge in [-0.05, 0) is 26.7 Å². The zero-order valence-electron chi connectivity index (χ0n) is 11.6. The molecule has 2 nitrogen and oxygen atoms in total. The summed E-state index contributed by atoms with van der Waals surface area (Å²) < 4.78 is 0. The van der Waals surface area contributed by atoms with E-state index in [4.69, 9.17) is 0 Å². The zero-order chi connectivity index (χ0) is 12.7. The summed E-state index contributed by atoms with van der Waals surface area (Å²) >= 11 is 1.84. The predicted octanol–water partition coefficient (Wildman–Crippen LogP) is 4.32. The maximum Gasteiger partial charge on any atom is 0.109 e. The average Bonchev–Trinajstić information content (AvgIpc) is 2.78. The fraction of sp³-hybridized carbons (Fsp3) is 0.786. The van der Waals surface area contributed by atoms with E-state index in [0.29, 0.717) is 12.1 Å². The first-order valence-electron chi connectivity index (χ1n) is 6.88. The van der Waals surface area contributed by atoms with Crippen LogP contribution >= 0.6 is 11.3 Å². The van der Waals surface area contributed by atoms with Gasteiger partial charge in [0, 0.05) is 17.1 Å². The Morgan fingerprint density at radius 2 is 2.06 bits per heavy atom. The molecule has 1 N–H and O–H groups in total. The smallest absolute Gasteiger partial charge is 0.109 e. The Kier molecular flexibility index (Phi) is 6.75. The van der Waals surface area contributed by atoms with Crippen molar-refractivity contribution in [2.45, 2.75) is 71.9 Å². The van der Waals surface area contributed by atoms with Gasteiger partial charge >= 0.3 is 0 Å². The number of rotatable bonds is 8.